The lowest BCUT2D eigenvalue weighted by Gasteiger charge is -2.12. The molecule has 0 aromatic carbocycles. The van der Waals surface area contributed by atoms with E-state index < -0.39 is 0 Å². The van der Waals surface area contributed by atoms with Crippen molar-refractivity contribution in [2.24, 2.45) is 21.8 Å². The summed E-state index contributed by atoms with van der Waals surface area (Å²) in [5.41, 5.74) is 5.20. The number of rotatable bonds is 0. The van der Waals surface area contributed by atoms with Crippen molar-refractivity contribution < 1.29 is 0 Å². The molecule has 0 unspecified atom stereocenters. The second kappa shape index (κ2) is 1.79. The van der Waals surface area contributed by atoms with Gasteiger partial charge in [0.1, 0.15) is 6.67 Å². The van der Waals surface area contributed by atoms with Crippen LogP contribution < -0.4 is 11.6 Å². The summed E-state index contributed by atoms with van der Waals surface area (Å²) in [6, 6.07) is 0. The van der Waals surface area contributed by atoms with Gasteiger partial charge in [-0.1, -0.05) is 0 Å². The van der Waals surface area contributed by atoms with E-state index >= 15 is 0 Å². The van der Waals surface area contributed by atoms with Gasteiger partial charge in [-0.3, -0.25) is 5.01 Å². The Bertz CT molecular complexity index is 137. The zero-order chi connectivity index (χ0) is 5.98. The minimum absolute atomic E-state index is 0.346. The Morgan fingerprint density at radius 1 is 1.75 bits per heavy atom. The first kappa shape index (κ1) is 5.04. The van der Waals surface area contributed by atoms with Gasteiger partial charge >= 0.3 is 0 Å². The summed E-state index contributed by atoms with van der Waals surface area (Å²) in [6.45, 7) is 0.390. The lowest BCUT2D eigenvalue weighted by molar-refractivity contribution is 0.381. The minimum Gasteiger partial charge on any atom is -0.381 e. The molecule has 5 heteroatoms. The van der Waals surface area contributed by atoms with Gasteiger partial charge in [-0.05, 0) is 0 Å². The number of nitrogens with zero attached hydrogens (tertiary/aromatic N) is 3. The third kappa shape index (κ3) is 0.941. The van der Waals surface area contributed by atoms with E-state index in [2.05, 4.69) is 10.2 Å². The second-order valence-corrected chi connectivity index (χ2v) is 1.45. The molecule has 0 aromatic heterocycles. The molecule has 0 bridgehead atoms. The van der Waals surface area contributed by atoms with Crippen molar-refractivity contribution in [2.75, 3.05) is 6.67 Å². The highest BCUT2D eigenvalue weighted by Gasteiger charge is 1.96. The number of hydrazine groups is 1. The van der Waals surface area contributed by atoms with Crippen LogP contribution in [0.5, 0.6) is 0 Å². The van der Waals surface area contributed by atoms with E-state index in [4.69, 9.17) is 11.6 Å². The molecule has 0 fully saturated rings. The van der Waals surface area contributed by atoms with Crippen LogP contribution in [0.4, 0.5) is 0 Å². The van der Waals surface area contributed by atoms with Crippen LogP contribution >= 0.6 is 0 Å². The number of hydrogen-bond acceptors (Lipinski definition) is 5. The van der Waals surface area contributed by atoms with Crippen LogP contribution in [-0.4, -0.2) is 11.7 Å². The molecule has 1 heterocycles. The standard InChI is InChI=1S/C3H7N5/c4-3-1-8(5)2-6-7-3/h1H,2,4-5H2. The van der Waals surface area contributed by atoms with Gasteiger partial charge in [0.05, 0.1) is 6.20 Å². The summed E-state index contributed by atoms with van der Waals surface area (Å²) in [4.78, 5) is 0. The Balaban J connectivity index is 2.63. The summed E-state index contributed by atoms with van der Waals surface area (Å²) < 4.78 is 0. The highest BCUT2D eigenvalue weighted by molar-refractivity contribution is 4.92. The van der Waals surface area contributed by atoms with Gasteiger partial charge < -0.3 is 5.73 Å². The van der Waals surface area contributed by atoms with Crippen molar-refractivity contribution >= 4 is 0 Å². The van der Waals surface area contributed by atoms with Crippen LogP contribution in [-0.2, 0) is 0 Å². The molecule has 1 aliphatic rings. The molecule has 0 atom stereocenters. The van der Waals surface area contributed by atoms with Gasteiger partial charge in [-0.2, -0.15) is 5.11 Å². The topological polar surface area (TPSA) is 80.0 Å². The smallest absolute Gasteiger partial charge is 0.163 e. The highest BCUT2D eigenvalue weighted by Crippen LogP contribution is 1.96. The van der Waals surface area contributed by atoms with Gasteiger partial charge in [0, 0.05) is 0 Å². The summed E-state index contributed by atoms with van der Waals surface area (Å²) in [5, 5.41) is 8.46. The Morgan fingerprint density at radius 3 is 2.88 bits per heavy atom. The molecule has 4 N–H and O–H groups in total. The Labute approximate surface area is 46.6 Å². The summed E-state index contributed by atoms with van der Waals surface area (Å²) in [5.74, 6) is 5.59. The first-order chi connectivity index (χ1) is 3.79. The molecule has 44 valence electrons. The summed E-state index contributed by atoms with van der Waals surface area (Å²) >= 11 is 0. The third-order valence-electron chi connectivity index (χ3n) is 0.711. The van der Waals surface area contributed by atoms with Gasteiger partial charge in [-0.25, -0.2) is 5.84 Å². The van der Waals surface area contributed by atoms with Crippen molar-refractivity contribution in [3.8, 4) is 0 Å². The summed E-state index contributed by atoms with van der Waals surface area (Å²) in [6.07, 6.45) is 1.52. The maximum Gasteiger partial charge on any atom is 0.163 e. The first-order valence-electron chi connectivity index (χ1n) is 2.15. The molecular formula is C3H7N5. The highest BCUT2D eigenvalue weighted by atomic mass is 15.5. The molecule has 1 rings (SSSR count). The maximum absolute atomic E-state index is 5.25. The van der Waals surface area contributed by atoms with Gasteiger partial charge in [0.2, 0.25) is 0 Å². The molecule has 0 saturated carbocycles. The normalized spacial score (nSPS) is 18.6. The number of hydrogen-bond donors (Lipinski definition) is 2. The average Bonchev–Trinajstić information content (AvgIpc) is 1.64. The third-order valence-corrected chi connectivity index (χ3v) is 0.711. The molecule has 8 heavy (non-hydrogen) atoms. The molecule has 1 aliphatic heterocycles. The fraction of sp³-hybridized carbons (Fsp3) is 0.333. The van der Waals surface area contributed by atoms with Crippen LogP contribution in [0.15, 0.2) is 22.2 Å². The van der Waals surface area contributed by atoms with E-state index in [0.717, 1.165) is 0 Å². The Morgan fingerprint density at radius 2 is 2.50 bits per heavy atom. The van der Waals surface area contributed by atoms with E-state index in [1.54, 1.807) is 0 Å². The van der Waals surface area contributed by atoms with Crippen molar-refractivity contribution in [3.63, 3.8) is 0 Å². The molecule has 0 aromatic rings. The first-order valence-corrected chi connectivity index (χ1v) is 2.15. The maximum atomic E-state index is 5.25. The summed E-state index contributed by atoms with van der Waals surface area (Å²) in [7, 11) is 0. The van der Waals surface area contributed by atoms with E-state index in [9.17, 15) is 0 Å². The van der Waals surface area contributed by atoms with E-state index in [1.807, 2.05) is 0 Å². The average molecular weight is 113 g/mol. The monoisotopic (exact) mass is 113 g/mol. The number of azo groups is 1. The van der Waals surface area contributed by atoms with Crippen molar-refractivity contribution in [1.29, 1.82) is 0 Å². The fourth-order valence-corrected chi connectivity index (χ4v) is 0.423. The fourth-order valence-electron chi connectivity index (χ4n) is 0.423. The van der Waals surface area contributed by atoms with E-state index in [1.165, 1.54) is 11.2 Å². The quantitative estimate of drug-likeness (QED) is 0.409. The molecule has 5 nitrogen and oxygen atoms in total. The predicted molar refractivity (Wildman–Crippen MR) is 28.0 cm³/mol. The van der Waals surface area contributed by atoms with Crippen LogP contribution in [0.3, 0.4) is 0 Å². The van der Waals surface area contributed by atoms with Crippen LogP contribution in [0.25, 0.3) is 0 Å². The van der Waals surface area contributed by atoms with Crippen LogP contribution in [0, 0.1) is 0 Å². The molecule has 0 saturated heterocycles. The lowest BCUT2D eigenvalue weighted by Crippen LogP contribution is -2.28. The van der Waals surface area contributed by atoms with Gasteiger partial charge in [0.25, 0.3) is 0 Å². The predicted octanol–water partition coefficient (Wildman–Crippen LogP) is -0.657. The van der Waals surface area contributed by atoms with Crippen molar-refractivity contribution in [3.05, 3.63) is 12.0 Å². The zero-order valence-corrected chi connectivity index (χ0v) is 4.28. The van der Waals surface area contributed by atoms with E-state index in [-0.39, 0.29) is 0 Å². The van der Waals surface area contributed by atoms with Crippen molar-refractivity contribution in [1.82, 2.24) is 5.01 Å². The molecule has 0 amide bonds. The second-order valence-electron chi connectivity index (χ2n) is 1.45. The molecule has 0 aliphatic carbocycles. The zero-order valence-electron chi connectivity index (χ0n) is 4.28. The van der Waals surface area contributed by atoms with Gasteiger partial charge in [-0.15, -0.1) is 5.11 Å². The van der Waals surface area contributed by atoms with Crippen LogP contribution in [0.2, 0.25) is 0 Å². The van der Waals surface area contributed by atoms with Crippen molar-refractivity contribution in [2.45, 2.75) is 0 Å². The minimum atomic E-state index is 0.346. The van der Waals surface area contributed by atoms with Crippen LogP contribution in [0.1, 0.15) is 0 Å². The SMILES string of the molecule is NC1=CN(N)CN=N1. The molecular weight excluding hydrogens is 106 g/mol. The molecule has 0 radical (unpaired) electrons. The largest absolute Gasteiger partial charge is 0.381 e. The molecule has 0 spiro atoms. The number of nitrogens with two attached hydrogens (primary N) is 2. The Kier molecular flexibility index (Phi) is 1.13. The Hall–Kier alpha value is -1.10. The lowest BCUT2D eigenvalue weighted by atomic mass is 10.7. The van der Waals surface area contributed by atoms with Gasteiger partial charge in [0.15, 0.2) is 5.82 Å². The van der Waals surface area contributed by atoms with E-state index in [0.29, 0.717) is 12.5 Å².